The minimum absolute atomic E-state index is 0.769. The van der Waals surface area contributed by atoms with E-state index < -0.39 is 0 Å². The van der Waals surface area contributed by atoms with E-state index in [2.05, 4.69) is 46.6 Å². The SMILES string of the molecule is Cc1cccc(SCc2nc3c(c(NN)n2)CCC3)c1. The lowest BCUT2D eigenvalue weighted by Gasteiger charge is -2.09. The summed E-state index contributed by atoms with van der Waals surface area (Å²) in [6.45, 7) is 2.10. The number of aromatic nitrogens is 2. The van der Waals surface area contributed by atoms with Crippen LogP contribution in [0.2, 0.25) is 0 Å². The third kappa shape index (κ3) is 2.78. The molecule has 0 saturated carbocycles. The van der Waals surface area contributed by atoms with Crippen molar-refractivity contribution in [2.45, 2.75) is 36.8 Å². The van der Waals surface area contributed by atoms with Crippen LogP contribution in [-0.4, -0.2) is 9.97 Å². The van der Waals surface area contributed by atoms with E-state index in [1.54, 1.807) is 11.8 Å². The molecule has 0 unspecified atom stereocenters. The number of nitrogen functional groups attached to an aromatic ring is 1. The number of hydrogen-bond donors (Lipinski definition) is 2. The van der Waals surface area contributed by atoms with Crippen LogP contribution in [0.1, 0.15) is 29.1 Å². The summed E-state index contributed by atoms with van der Waals surface area (Å²) in [6.07, 6.45) is 3.21. The number of benzene rings is 1. The topological polar surface area (TPSA) is 63.8 Å². The zero-order valence-electron chi connectivity index (χ0n) is 11.5. The molecule has 0 aliphatic heterocycles. The van der Waals surface area contributed by atoms with Gasteiger partial charge in [-0.25, -0.2) is 15.8 Å². The van der Waals surface area contributed by atoms with E-state index in [0.717, 1.165) is 42.4 Å². The Morgan fingerprint density at radius 2 is 2.20 bits per heavy atom. The van der Waals surface area contributed by atoms with Gasteiger partial charge in [-0.1, -0.05) is 17.7 Å². The molecule has 0 saturated heterocycles. The summed E-state index contributed by atoms with van der Waals surface area (Å²) in [6, 6.07) is 8.48. The van der Waals surface area contributed by atoms with Crippen LogP contribution in [0.25, 0.3) is 0 Å². The van der Waals surface area contributed by atoms with Gasteiger partial charge in [-0.05, 0) is 38.3 Å². The van der Waals surface area contributed by atoms with Gasteiger partial charge >= 0.3 is 0 Å². The summed E-state index contributed by atoms with van der Waals surface area (Å²) in [7, 11) is 0. The van der Waals surface area contributed by atoms with Crippen molar-refractivity contribution in [2.24, 2.45) is 5.84 Å². The molecule has 0 radical (unpaired) electrons. The first-order valence-corrected chi connectivity index (χ1v) is 7.79. The fraction of sp³-hybridized carbons (Fsp3) is 0.333. The van der Waals surface area contributed by atoms with Gasteiger partial charge in [0.15, 0.2) is 0 Å². The first-order chi connectivity index (χ1) is 9.76. The van der Waals surface area contributed by atoms with Crippen LogP contribution in [0, 0.1) is 6.92 Å². The van der Waals surface area contributed by atoms with Crippen molar-refractivity contribution in [1.82, 2.24) is 9.97 Å². The highest BCUT2D eigenvalue weighted by Gasteiger charge is 2.18. The number of nitrogens with zero attached hydrogens (tertiary/aromatic N) is 2. The summed E-state index contributed by atoms with van der Waals surface area (Å²) in [5.41, 5.74) is 6.34. The number of nitrogens with two attached hydrogens (primary N) is 1. The molecule has 0 fully saturated rings. The van der Waals surface area contributed by atoms with Gasteiger partial charge in [0.1, 0.15) is 11.6 Å². The number of thioether (sulfide) groups is 1. The number of hydrogen-bond acceptors (Lipinski definition) is 5. The maximum Gasteiger partial charge on any atom is 0.147 e. The Morgan fingerprint density at radius 3 is 3.00 bits per heavy atom. The molecule has 3 rings (SSSR count). The van der Waals surface area contributed by atoms with Gasteiger partial charge in [0.25, 0.3) is 0 Å². The van der Waals surface area contributed by atoms with E-state index in [-0.39, 0.29) is 0 Å². The lowest BCUT2D eigenvalue weighted by molar-refractivity contribution is 0.893. The summed E-state index contributed by atoms with van der Waals surface area (Å²) >= 11 is 1.76. The second-order valence-corrected chi connectivity index (χ2v) is 6.07. The van der Waals surface area contributed by atoms with Gasteiger partial charge in [-0.2, -0.15) is 0 Å². The van der Waals surface area contributed by atoms with Gasteiger partial charge in [-0.15, -0.1) is 11.8 Å². The normalized spacial score (nSPS) is 13.3. The highest BCUT2D eigenvalue weighted by molar-refractivity contribution is 7.98. The quantitative estimate of drug-likeness (QED) is 0.514. The Labute approximate surface area is 123 Å². The Hall–Kier alpha value is -1.59. The molecule has 4 nitrogen and oxygen atoms in total. The summed E-state index contributed by atoms with van der Waals surface area (Å²) in [5, 5.41) is 0. The molecule has 0 atom stereocenters. The zero-order valence-corrected chi connectivity index (χ0v) is 12.3. The predicted octanol–water partition coefficient (Wildman–Crippen LogP) is 2.85. The van der Waals surface area contributed by atoms with Gasteiger partial charge < -0.3 is 5.43 Å². The average Bonchev–Trinajstić information content (AvgIpc) is 2.92. The van der Waals surface area contributed by atoms with Crippen LogP contribution < -0.4 is 11.3 Å². The molecule has 0 bridgehead atoms. The Balaban J connectivity index is 1.78. The van der Waals surface area contributed by atoms with Crippen molar-refractivity contribution in [2.75, 3.05) is 5.43 Å². The van der Waals surface area contributed by atoms with Crippen molar-refractivity contribution in [3.63, 3.8) is 0 Å². The van der Waals surface area contributed by atoms with E-state index in [1.807, 2.05) is 0 Å². The second-order valence-electron chi connectivity index (χ2n) is 5.02. The molecule has 104 valence electrons. The smallest absolute Gasteiger partial charge is 0.147 e. The lowest BCUT2D eigenvalue weighted by atomic mass is 10.2. The number of hydrazine groups is 1. The third-order valence-corrected chi connectivity index (χ3v) is 4.46. The highest BCUT2D eigenvalue weighted by Crippen LogP contribution is 2.28. The minimum Gasteiger partial charge on any atom is -0.308 e. The first-order valence-electron chi connectivity index (χ1n) is 6.81. The van der Waals surface area contributed by atoms with Crippen molar-refractivity contribution in [3.8, 4) is 0 Å². The van der Waals surface area contributed by atoms with Crippen LogP contribution in [0.3, 0.4) is 0 Å². The van der Waals surface area contributed by atoms with E-state index in [9.17, 15) is 0 Å². The molecule has 1 aliphatic carbocycles. The van der Waals surface area contributed by atoms with Crippen molar-refractivity contribution >= 4 is 17.6 Å². The van der Waals surface area contributed by atoms with Gasteiger partial charge in [0.05, 0.1) is 5.75 Å². The second kappa shape index (κ2) is 5.81. The number of anilines is 1. The minimum atomic E-state index is 0.769. The monoisotopic (exact) mass is 286 g/mol. The number of aryl methyl sites for hydroxylation is 2. The van der Waals surface area contributed by atoms with Crippen LogP contribution in [0.4, 0.5) is 5.82 Å². The number of fused-ring (bicyclic) bond motifs is 1. The van der Waals surface area contributed by atoms with Crippen molar-refractivity contribution in [3.05, 3.63) is 46.9 Å². The maximum atomic E-state index is 5.57. The number of rotatable bonds is 4. The molecule has 1 heterocycles. The summed E-state index contributed by atoms with van der Waals surface area (Å²) < 4.78 is 0. The van der Waals surface area contributed by atoms with Crippen LogP contribution in [0.5, 0.6) is 0 Å². The van der Waals surface area contributed by atoms with E-state index in [1.165, 1.54) is 16.0 Å². The van der Waals surface area contributed by atoms with Gasteiger partial charge in [0, 0.05) is 16.2 Å². The van der Waals surface area contributed by atoms with Crippen molar-refractivity contribution in [1.29, 1.82) is 0 Å². The fourth-order valence-electron chi connectivity index (χ4n) is 2.52. The molecule has 2 aromatic rings. The van der Waals surface area contributed by atoms with E-state index in [4.69, 9.17) is 5.84 Å². The summed E-state index contributed by atoms with van der Waals surface area (Å²) in [4.78, 5) is 10.5. The first kappa shape index (κ1) is 13.4. The molecule has 5 heteroatoms. The van der Waals surface area contributed by atoms with Crippen molar-refractivity contribution < 1.29 is 0 Å². The maximum absolute atomic E-state index is 5.57. The van der Waals surface area contributed by atoms with Crippen LogP contribution >= 0.6 is 11.8 Å². The molecule has 1 aliphatic rings. The third-order valence-electron chi connectivity index (χ3n) is 3.47. The Kier molecular flexibility index (Phi) is 3.89. The molecular formula is C15H18N4S. The van der Waals surface area contributed by atoms with Crippen LogP contribution in [-0.2, 0) is 18.6 Å². The molecular weight excluding hydrogens is 268 g/mol. The molecule has 0 amide bonds. The zero-order chi connectivity index (χ0) is 13.9. The molecule has 0 spiro atoms. The Morgan fingerprint density at radius 1 is 1.30 bits per heavy atom. The van der Waals surface area contributed by atoms with Gasteiger partial charge in [0.2, 0.25) is 0 Å². The molecule has 3 N–H and O–H groups in total. The molecule has 1 aromatic carbocycles. The van der Waals surface area contributed by atoms with E-state index >= 15 is 0 Å². The molecule has 1 aromatic heterocycles. The lowest BCUT2D eigenvalue weighted by Crippen LogP contribution is -2.13. The largest absolute Gasteiger partial charge is 0.308 e. The van der Waals surface area contributed by atoms with Gasteiger partial charge in [-0.3, -0.25) is 0 Å². The average molecular weight is 286 g/mol. The van der Waals surface area contributed by atoms with Crippen LogP contribution in [0.15, 0.2) is 29.2 Å². The highest BCUT2D eigenvalue weighted by atomic mass is 32.2. The fourth-order valence-corrected chi connectivity index (χ4v) is 3.39. The molecule has 20 heavy (non-hydrogen) atoms. The predicted molar refractivity (Wildman–Crippen MR) is 82.6 cm³/mol. The standard InChI is InChI=1S/C15H18N4S/c1-10-4-2-5-11(8-10)20-9-14-17-13-7-3-6-12(13)15(18-14)19-16/h2,4-5,8H,3,6-7,9,16H2,1H3,(H,17,18,19). The van der Waals surface area contributed by atoms with E-state index in [0.29, 0.717) is 0 Å². The number of nitrogens with one attached hydrogen (secondary N) is 1. The summed E-state index contributed by atoms with van der Waals surface area (Å²) in [5.74, 6) is 7.99. The Bertz CT molecular complexity index is 627.